The Kier molecular flexibility index (Phi) is 5.85. The summed E-state index contributed by atoms with van der Waals surface area (Å²) in [5.74, 6) is 0. The first-order chi connectivity index (χ1) is 8.38. The molecule has 1 aromatic rings. The second-order valence-electron chi connectivity index (χ2n) is 4.81. The van der Waals surface area contributed by atoms with Crippen LogP contribution in [0.15, 0.2) is 35.2 Å². The van der Waals surface area contributed by atoms with Crippen molar-refractivity contribution in [3.8, 4) is 0 Å². The minimum Gasteiger partial charge on any atom is -0.390 e. The predicted molar refractivity (Wildman–Crippen MR) is 73.6 cm³/mol. The van der Waals surface area contributed by atoms with Crippen LogP contribution in [0, 0.1) is 0 Å². The number of carbonyl (C=O) groups excluding carboxylic acids is 1. The quantitative estimate of drug-likeness (QED) is 0.806. The summed E-state index contributed by atoms with van der Waals surface area (Å²) in [6.07, 6.45) is 0.0539. The van der Waals surface area contributed by atoms with E-state index in [1.807, 2.05) is 30.3 Å². The summed E-state index contributed by atoms with van der Waals surface area (Å²) in [7, 11) is 0. The van der Waals surface area contributed by atoms with Crippen LogP contribution in [0.1, 0.15) is 27.2 Å². The van der Waals surface area contributed by atoms with Gasteiger partial charge in [-0.3, -0.25) is 4.79 Å². The highest BCUT2D eigenvalue weighted by atomic mass is 32.2. The average molecular weight is 268 g/mol. The lowest BCUT2D eigenvalue weighted by Gasteiger charge is -2.18. The Hall–Kier alpha value is -0.840. The van der Waals surface area contributed by atoms with E-state index < -0.39 is 11.7 Å². The number of carbonyl (C=O) groups is 1. The maximum absolute atomic E-state index is 11.8. The van der Waals surface area contributed by atoms with E-state index in [1.54, 1.807) is 20.8 Å². The zero-order chi connectivity index (χ0) is 13.6. The molecule has 0 saturated carbocycles. The van der Waals surface area contributed by atoms with Crippen LogP contribution in [0.3, 0.4) is 0 Å². The summed E-state index contributed by atoms with van der Waals surface area (Å²) in [5.41, 5.74) is -0.755. The maximum atomic E-state index is 11.8. The molecule has 3 nitrogen and oxygen atoms in total. The molecule has 1 atom stereocenters. The fourth-order valence-corrected chi connectivity index (χ4v) is 2.00. The zero-order valence-electron chi connectivity index (χ0n) is 11.1. The monoisotopic (exact) mass is 268 g/mol. The second kappa shape index (κ2) is 6.92. The number of aliphatic hydroxyl groups is 1. The minimum atomic E-state index is -0.755. The smallest absolute Gasteiger partial charge is 0.222 e. The molecule has 4 heteroatoms. The summed E-state index contributed by atoms with van der Waals surface area (Å²) in [6, 6.07) is 9.50. The average Bonchev–Trinajstić information content (AvgIpc) is 2.28. The molecule has 0 amide bonds. The van der Waals surface area contributed by atoms with Crippen LogP contribution >= 0.6 is 11.8 Å². The minimum absolute atomic E-state index is 0.0167. The van der Waals surface area contributed by atoms with Crippen LogP contribution < -0.4 is 0 Å². The van der Waals surface area contributed by atoms with Gasteiger partial charge >= 0.3 is 0 Å². The molecule has 0 fully saturated rings. The molecule has 1 rings (SSSR count). The molecule has 0 aliphatic heterocycles. The van der Waals surface area contributed by atoms with Crippen LogP contribution in [-0.4, -0.2) is 28.5 Å². The van der Waals surface area contributed by atoms with Gasteiger partial charge in [0.1, 0.15) is 6.10 Å². The van der Waals surface area contributed by atoms with Crippen LogP contribution in [0.25, 0.3) is 0 Å². The van der Waals surface area contributed by atoms with Crippen LogP contribution in [0.5, 0.6) is 0 Å². The van der Waals surface area contributed by atoms with E-state index in [2.05, 4.69) is 0 Å². The third-order valence-electron chi connectivity index (χ3n) is 2.38. The highest BCUT2D eigenvalue weighted by molar-refractivity contribution is 8.13. The Morgan fingerprint density at radius 2 is 2.00 bits per heavy atom. The number of benzene rings is 1. The first-order valence-corrected chi connectivity index (χ1v) is 6.81. The van der Waals surface area contributed by atoms with E-state index in [-0.39, 0.29) is 5.12 Å². The molecule has 18 heavy (non-hydrogen) atoms. The first kappa shape index (κ1) is 15.2. The number of rotatable bonds is 6. The first-order valence-electron chi connectivity index (χ1n) is 5.99. The van der Waals surface area contributed by atoms with Crippen molar-refractivity contribution in [3.63, 3.8) is 0 Å². The summed E-state index contributed by atoms with van der Waals surface area (Å²) >= 11 is 1.18. The molecule has 0 heterocycles. The van der Waals surface area contributed by atoms with E-state index in [4.69, 9.17) is 4.74 Å². The maximum Gasteiger partial charge on any atom is 0.222 e. The molecule has 1 aromatic carbocycles. The molecule has 0 spiro atoms. The van der Waals surface area contributed by atoms with Gasteiger partial charge in [-0.05, 0) is 51.1 Å². The van der Waals surface area contributed by atoms with Gasteiger partial charge in [0.2, 0.25) is 5.12 Å². The van der Waals surface area contributed by atoms with Crippen molar-refractivity contribution in [1.29, 1.82) is 0 Å². The van der Waals surface area contributed by atoms with Gasteiger partial charge in [0.25, 0.3) is 0 Å². The molecule has 0 radical (unpaired) electrons. The van der Waals surface area contributed by atoms with Crippen molar-refractivity contribution in [2.75, 3.05) is 6.61 Å². The molecule has 1 N–H and O–H groups in total. The van der Waals surface area contributed by atoms with E-state index in [1.165, 1.54) is 11.8 Å². The standard InChI is InChI=1S/C14H20O3S/c1-11(17-10-9-14(2,3)16)13(15)18-12-7-5-4-6-8-12/h4-8,11,16H,9-10H2,1-3H3. The fraction of sp³-hybridized carbons (Fsp3) is 0.500. The van der Waals surface area contributed by atoms with Crippen molar-refractivity contribution in [1.82, 2.24) is 0 Å². The highest BCUT2D eigenvalue weighted by Gasteiger charge is 2.17. The lowest BCUT2D eigenvalue weighted by Crippen LogP contribution is -2.25. The molecule has 100 valence electrons. The molecule has 0 aromatic heterocycles. The lowest BCUT2D eigenvalue weighted by molar-refractivity contribution is -0.121. The predicted octanol–water partition coefficient (Wildman–Crippen LogP) is 2.87. The van der Waals surface area contributed by atoms with Gasteiger partial charge in [-0.2, -0.15) is 0 Å². The molecule has 0 aliphatic rings. The van der Waals surface area contributed by atoms with Crippen LogP contribution in [0.2, 0.25) is 0 Å². The Bertz CT molecular complexity index is 370. The molecule has 1 unspecified atom stereocenters. The molecular weight excluding hydrogens is 248 g/mol. The van der Waals surface area contributed by atoms with Crippen molar-refractivity contribution >= 4 is 16.9 Å². The van der Waals surface area contributed by atoms with Crippen LogP contribution in [-0.2, 0) is 9.53 Å². The van der Waals surface area contributed by atoms with Crippen molar-refractivity contribution in [2.24, 2.45) is 0 Å². The van der Waals surface area contributed by atoms with E-state index in [0.29, 0.717) is 13.0 Å². The Morgan fingerprint density at radius 1 is 1.39 bits per heavy atom. The van der Waals surface area contributed by atoms with Crippen molar-refractivity contribution in [2.45, 2.75) is 43.8 Å². The van der Waals surface area contributed by atoms with Crippen LogP contribution in [0.4, 0.5) is 0 Å². The van der Waals surface area contributed by atoms with Gasteiger partial charge in [0, 0.05) is 4.90 Å². The molecule has 0 saturated heterocycles. The summed E-state index contributed by atoms with van der Waals surface area (Å²) in [4.78, 5) is 12.8. The normalized spacial score (nSPS) is 13.3. The largest absolute Gasteiger partial charge is 0.390 e. The number of hydrogen-bond acceptors (Lipinski definition) is 4. The molecular formula is C14H20O3S. The van der Waals surface area contributed by atoms with Crippen molar-refractivity contribution < 1.29 is 14.6 Å². The van der Waals surface area contributed by atoms with Gasteiger partial charge in [0.05, 0.1) is 12.2 Å². The highest BCUT2D eigenvalue weighted by Crippen LogP contribution is 2.20. The Labute approximate surface area is 113 Å². The number of hydrogen-bond donors (Lipinski definition) is 1. The fourth-order valence-electron chi connectivity index (χ4n) is 1.24. The van der Waals surface area contributed by atoms with Gasteiger partial charge in [0.15, 0.2) is 0 Å². The topological polar surface area (TPSA) is 46.5 Å². The van der Waals surface area contributed by atoms with Crippen molar-refractivity contribution in [3.05, 3.63) is 30.3 Å². The second-order valence-corrected chi connectivity index (χ2v) is 5.89. The molecule has 0 bridgehead atoms. The Balaban J connectivity index is 2.34. The number of ether oxygens (including phenoxy) is 1. The Morgan fingerprint density at radius 3 is 2.56 bits per heavy atom. The number of thioether (sulfide) groups is 1. The van der Waals surface area contributed by atoms with E-state index in [9.17, 15) is 9.90 Å². The van der Waals surface area contributed by atoms with Gasteiger partial charge < -0.3 is 9.84 Å². The summed E-state index contributed by atoms with van der Waals surface area (Å²) in [5, 5.41) is 9.52. The zero-order valence-corrected chi connectivity index (χ0v) is 11.9. The lowest BCUT2D eigenvalue weighted by atomic mass is 10.1. The van der Waals surface area contributed by atoms with Gasteiger partial charge in [-0.15, -0.1) is 0 Å². The summed E-state index contributed by atoms with van der Waals surface area (Å²) in [6.45, 7) is 5.57. The third kappa shape index (κ3) is 6.19. The third-order valence-corrected chi connectivity index (χ3v) is 3.42. The SMILES string of the molecule is CC(OCCC(C)(C)O)C(=O)Sc1ccccc1. The summed E-state index contributed by atoms with van der Waals surface area (Å²) < 4.78 is 5.42. The van der Waals surface area contributed by atoms with Gasteiger partial charge in [-0.1, -0.05) is 18.2 Å². The van der Waals surface area contributed by atoms with E-state index in [0.717, 1.165) is 4.90 Å². The van der Waals surface area contributed by atoms with Gasteiger partial charge in [-0.25, -0.2) is 0 Å². The molecule has 0 aliphatic carbocycles. The van der Waals surface area contributed by atoms with E-state index >= 15 is 0 Å².